The number of ether oxygens (including phenoxy) is 1. The van der Waals surface area contributed by atoms with E-state index in [0.717, 1.165) is 0 Å². The summed E-state index contributed by atoms with van der Waals surface area (Å²) < 4.78 is 33.7. The molecule has 0 aromatic carbocycles. The Hall–Kier alpha value is -0.960. The first-order valence-electron chi connectivity index (χ1n) is 6.12. The van der Waals surface area contributed by atoms with Gasteiger partial charge < -0.3 is 10.5 Å². The largest absolute Gasteiger partial charge is 0.368 e. The normalized spacial score (nSPS) is 24.5. The predicted octanol–water partition coefficient (Wildman–Crippen LogP) is -0.453. The van der Waals surface area contributed by atoms with Crippen molar-refractivity contribution in [2.24, 2.45) is 12.8 Å². The summed E-state index contributed by atoms with van der Waals surface area (Å²) in [4.78, 5) is 0. The molecule has 0 amide bonds. The highest BCUT2D eigenvalue weighted by Crippen LogP contribution is 2.25. The van der Waals surface area contributed by atoms with Gasteiger partial charge in [-0.05, 0) is 19.9 Å². The fourth-order valence-corrected chi connectivity index (χ4v) is 4.02. The van der Waals surface area contributed by atoms with Gasteiger partial charge in [0.2, 0.25) is 0 Å². The lowest BCUT2D eigenvalue weighted by Crippen LogP contribution is -2.56. The highest BCUT2D eigenvalue weighted by molar-refractivity contribution is 7.89. The molecule has 0 aliphatic carbocycles. The van der Waals surface area contributed by atoms with Gasteiger partial charge in [-0.2, -0.15) is 9.40 Å². The van der Waals surface area contributed by atoms with Crippen molar-refractivity contribution in [1.82, 2.24) is 14.1 Å². The second-order valence-corrected chi connectivity index (χ2v) is 7.21. The molecule has 1 saturated heterocycles. The van der Waals surface area contributed by atoms with Crippen LogP contribution in [0.15, 0.2) is 17.3 Å². The van der Waals surface area contributed by atoms with Gasteiger partial charge in [-0.3, -0.25) is 4.68 Å². The Morgan fingerprint density at radius 2 is 2.26 bits per heavy atom. The van der Waals surface area contributed by atoms with E-state index in [1.807, 2.05) is 13.8 Å². The minimum Gasteiger partial charge on any atom is -0.368 e. The van der Waals surface area contributed by atoms with Crippen LogP contribution in [-0.4, -0.2) is 53.8 Å². The molecule has 108 valence electrons. The summed E-state index contributed by atoms with van der Waals surface area (Å²) in [7, 11) is -1.96. The Balaban J connectivity index is 2.33. The second-order valence-electron chi connectivity index (χ2n) is 5.33. The van der Waals surface area contributed by atoms with Crippen LogP contribution in [0.2, 0.25) is 0 Å². The lowest BCUT2D eigenvalue weighted by atomic mass is 10.1. The molecule has 1 aliphatic rings. The summed E-state index contributed by atoms with van der Waals surface area (Å²) >= 11 is 0. The third kappa shape index (κ3) is 2.81. The zero-order valence-electron chi connectivity index (χ0n) is 11.4. The van der Waals surface area contributed by atoms with Crippen molar-refractivity contribution < 1.29 is 13.2 Å². The number of sulfonamides is 1. The van der Waals surface area contributed by atoms with Gasteiger partial charge in [0.1, 0.15) is 0 Å². The molecule has 2 N–H and O–H groups in total. The van der Waals surface area contributed by atoms with Crippen LogP contribution in [-0.2, 0) is 21.8 Å². The first kappa shape index (κ1) is 14.4. The maximum Gasteiger partial charge on any atom is 0.260 e. The molecule has 1 aromatic rings. The molecule has 2 heterocycles. The van der Waals surface area contributed by atoms with Crippen LogP contribution in [0.4, 0.5) is 0 Å². The van der Waals surface area contributed by atoms with Crippen molar-refractivity contribution in [3.63, 3.8) is 0 Å². The van der Waals surface area contributed by atoms with Gasteiger partial charge in [-0.25, -0.2) is 8.42 Å². The molecule has 0 bridgehead atoms. The van der Waals surface area contributed by atoms with Crippen molar-refractivity contribution in [3.05, 3.63) is 12.3 Å². The zero-order valence-corrected chi connectivity index (χ0v) is 12.2. The minimum atomic E-state index is -3.57. The molecule has 1 aliphatic heterocycles. The summed E-state index contributed by atoms with van der Waals surface area (Å²) in [5.41, 5.74) is 5.07. The van der Waals surface area contributed by atoms with Gasteiger partial charge in [0.05, 0.1) is 17.9 Å². The molecular formula is C11H20N4O3S. The molecule has 1 atom stereocenters. The van der Waals surface area contributed by atoms with E-state index in [-0.39, 0.29) is 17.7 Å². The van der Waals surface area contributed by atoms with Gasteiger partial charge in [-0.15, -0.1) is 0 Å². The quantitative estimate of drug-likeness (QED) is 0.813. The second kappa shape index (κ2) is 4.86. The van der Waals surface area contributed by atoms with E-state index < -0.39 is 15.6 Å². The third-order valence-electron chi connectivity index (χ3n) is 3.09. The average Bonchev–Trinajstić information content (AvgIpc) is 2.74. The first-order valence-corrected chi connectivity index (χ1v) is 7.56. The molecule has 0 spiro atoms. The molecular weight excluding hydrogens is 268 g/mol. The lowest BCUT2D eigenvalue weighted by Gasteiger charge is -2.41. The number of hydrogen-bond acceptors (Lipinski definition) is 5. The average molecular weight is 288 g/mol. The van der Waals surface area contributed by atoms with Crippen LogP contribution >= 0.6 is 0 Å². The fraction of sp³-hybridized carbons (Fsp3) is 0.727. The molecule has 0 saturated carbocycles. The van der Waals surface area contributed by atoms with Crippen molar-refractivity contribution in [2.75, 3.05) is 19.6 Å². The number of rotatable bonds is 3. The van der Waals surface area contributed by atoms with E-state index in [0.29, 0.717) is 13.1 Å². The highest BCUT2D eigenvalue weighted by atomic mass is 32.2. The van der Waals surface area contributed by atoms with Crippen LogP contribution in [0.1, 0.15) is 13.8 Å². The maximum absolute atomic E-state index is 12.6. The SMILES string of the molecule is Cn1nccc1S(=O)(=O)N1CC(CN)OC(C)(C)C1. The highest BCUT2D eigenvalue weighted by Gasteiger charge is 2.39. The fourth-order valence-electron chi connectivity index (χ4n) is 2.29. The number of aryl methyl sites for hydroxylation is 1. The van der Waals surface area contributed by atoms with Crippen molar-refractivity contribution in [2.45, 2.75) is 30.6 Å². The van der Waals surface area contributed by atoms with Gasteiger partial charge in [0.15, 0.2) is 5.03 Å². The van der Waals surface area contributed by atoms with Crippen molar-refractivity contribution >= 4 is 10.0 Å². The monoisotopic (exact) mass is 288 g/mol. The number of nitrogens with two attached hydrogens (primary N) is 1. The van der Waals surface area contributed by atoms with Crippen LogP contribution in [0.5, 0.6) is 0 Å². The Kier molecular flexibility index (Phi) is 3.69. The van der Waals surface area contributed by atoms with Gasteiger partial charge >= 0.3 is 0 Å². The standard InChI is InChI=1S/C11H20N4O3S/c1-11(2)8-15(7-9(6-12)18-11)19(16,17)10-4-5-13-14(10)3/h4-5,9H,6-8,12H2,1-3H3. The Bertz CT molecular complexity index is 552. The Morgan fingerprint density at radius 3 is 2.79 bits per heavy atom. The number of nitrogens with zero attached hydrogens (tertiary/aromatic N) is 3. The summed E-state index contributed by atoms with van der Waals surface area (Å²) in [5, 5.41) is 4.09. The molecule has 8 heteroatoms. The molecule has 0 radical (unpaired) electrons. The predicted molar refractivity (Wildman–Crippen MR) is 70.0 cm³/mol. The maximum atomic E-state index is 12.6. The molecule has 7 nitrogen and oxygen atoms in total. The van der Waals surface area contributed by atoms with E-state index in [2.05, 4.69) is 5.10 Å². The Labute approximate surface area is 113 Å². The van der Waals surface area contributed by atoms with Crippen LogP contribution < -0.4 is 5.73 Å². The van der Waals surface area contributed by atoms with Crippen molar-refractivity contribution in [3.8, 4) is 0 Å². The van der Waals surface area contributed by atoms with Crippen LogP contribution in [0.3, 0.4) is 0 Å². The van der Waals surface area contributed by atoms with E-state index in [1.54, 1.807) is 7.05 Å². The molecule has 1 unspecified atom stereocenters. The zero-order chi connectivity index (χ0) is 14.3. The third-order valence-corrected chi connectivity index (χ3v) is 4.98. The Morgan fingerprint density at radius 1 is 1.58 bits per heavy atom. The molecule has 1 fully saturated rings. The van der Waals surface area contributed by atoms with Crippen LogP contribution in [0, 0.1) is 0 Å². The van der Waals surface area contributed by atoms with E-state index in [9.17, 15) is 8.42 Å². The van der Waals surface area contributed by atoms with Crippen LogP contribution in [0.25, 0.3) is 0 Å². The number of morpholine rings is 1. The smallest absolute Gasteiger partial charge is 0.260 e. The topological polar surface area (TPSA) is 90.5 Å². The first-order chi connectivity index (χ1) is 8.76. The minimum absolute atomic E-state index is 0.181. The van der Waals surface area contributed by atoms with Crippen molar-refractivity contribution in [1.29, 1.82) is 0 Å². The van der Waals surface area contributed by atoms with E-state index in [4.69, 9.17) is 10.5 Å². The summed E-state index contributed by atoms with van der Waals surface area (Å²) in [6, 6.07) is 1.50. The summed E-state index contributed by atoms with van der Waals surface area (Å²) in [5.74, 6) is 0. The van der Waals surface area contributed by atoms with E-state index >= 15 is 0 Å². The van der Waals surface area contributed by atoms with Gasteiger partial charge in [-0.1, -0.05) is 0 Å². The molecule has 2 rings (SSSR count). The summed E-state index contributed by atoms with van der Waals surface area (Å²) in [6.45, 7) is 4.59. The molecule has 1 aromatic heterocycles. The number of aromatic nitrogens is 2. The van der Waals surface area contributed by atoms with Gasteiger partial charge in [0.25, 0.3) is 10.0 Å². The summed E-state index contributed by atoms with van der Waals surface area (Å²) in [6.07, 6.45) is 1.19. The van der Waals surface area contributed by atoms with Gasteiger partial charge in [0, 0.05) is 26.7 Å². The van der Waals surface area contributed by atoms with E-state index in [1.165, 1.54) is 21.3 Å². The lowest BCUT2D eigenvalue weighted by molar-refractivity contribution is -0.112. The molecule has 19 heavy (non-hydrogen) atoms. The number of hydrogen-bond donors (Lipinski definition) is 1.